The van der Waals surface area contributed by atoms with Crippen LogP contribution in [-0.4, -0.2) is 35.4 Å². The number of carbonyl (C=O) groups is 1. The van der Waals surface area contributed by atoms with Crippen molar-refractivity contribution in [3.8, 4) is 5.75 Å². The number of amides is 1. The molecule has 3 rings (SSSR count). The van der Waals surface area contributed by atoms with Crippen molar-refractivity contribution in [3.05, 3.63) is 41.7 Å². The van der Waals surface area contributed by atoms with Gasteiger partial charge in [0, 0.05) is 18.1 Å². The number of ether oxygens (including phenoxy) is 1. The number of nitrogens with one attached hydrogen (secondary N) is 2. The van der Waals surface area contributed by atoms with E-state index in [9.17, 15) is 4.79 Å². The molecule has 24 heavy (non-hydrogen) atoms. The van der Waals surface area contributed by atoms with Crippen molar-refractivity contribution in [2.75, 3.05) is 25.0 Å². The SMILES string of the molecule is CCOc1ccc(NC(=O)C2(n3cccn3)CCNCC2)cc1Cl. The van der Waals surface area contributed by atoms with Crippen LogP contribution in [0, 0.1) is 0 Å². The first-order valence-electron chi connectivity index (χ1n) is 8.10. The molecule has 2 heterocycles. The van der Waals surface area contributed by atoms with Gasteiger partial charge < -0.3 is 15.4 Å². The molecule has 0 spiro atoms. The van der Waals surface area contributed by atoms with E-state index in [1.54, 1.807) is 29.1 Å². The third kappa shape index (κ3) is 3.25. The van der Waals surface area contributed by atoms with Crippen LogP contribution in [0.2, 0.25) is 5.02 Å². The van der Waals surface area contributed by atoms with Crippen LogP contribution in [0.5, 0.6) is 5.75 Å². The first-order valence-corrected chi connectivity index (χ1v) is 8.48. The lowest BCUT2D eigenvalue weighted by Gasteiger charge is -2.36. The van der Waals surface area contributed by atoms with Gasteiger partial charge >= 0.3 is 0 Å². The first-order chi connectivity index (χ1) is 11.7. The van der Waals surface area contributed by atoms with Gasteiger partial charge in [-0.3, -0.25) is 9.48 Å². The minimum absolute atomic E-state index is 0.0760. The quantitative estimate of drug-likeness (QED) is 0.871. The van der Waals surface area contributed by atoms with Crippen molar-refractivity contribution in [1.29, 1.82) is 0 Å². The summed E-state index contributed by atoms with van der Waals surface area (Å²) in [5.41, 5.74) is -0.0293. The molecule has 0 radical (unpaired) electrons. The highest BCUT2D eigenvalue weighted by atomic mass is 35.5. The molecule has 1 saturated heterocycles. The van der Waals surface area contributed by atoms with Crippen LogP contribution in [0.3, 0.4) is 0 Å². The molecule has 0 atom stereocenters. The number of benzene rings is 1. The number of piperidine rings is 1. The van der Waals surface area contributed by atoms with Crippen LogP contribution >= 0.6 is 11.6 Å². The molecule has 2 aromatic rings. The lowest BCUT2D eigenvalue weighted by atomic mass is 9.87. The number of hydrogen-bond acceptors (Lipinski definition) is 4. The molecule has 6 nitrogen and oxygen atoms in total. The van der Waals surface area contributed by atoms with E-state index in [0.717, 1.165) is 13.1 Å². The third-order valence-corrected chi connectivity index (χ3v) is 4.58. The van der Waals surface area contributed by atoms with Gasteiger partial charge in [-0.25, -0.2) is 0 Å². The van der Waals surface area contributed by atoms with Crippen molar-refractivity contribution in [2.45, 2.75) is 25.3 Å². The molecule has 128 valence electrons. The molecule has 1 aliphatic rings. The molecule has 7 heteroatoms. The predicted octanol–water partition coefficient (Wildman–Crippen LogP) is 2.65. The monoisotopic (exact) mass is 348 g/mol. The average Bonchev–Trinajstić information content (AvgIpc) is 3.13. The Balaban J connectivity index is 1.83. The number of halogens is 1. The van der Waals surface area contributed by atoms with Crippen molar-refractivity contribution < 1.29 is 9.53 Å². The number of rotatable bonds is 5. The van der Waals surface area contributed by atoms with E-state index in [1.807, 2.05) is 19.2 Å². The Bertz CT molecular complexity index is 697. The number of anilines is 1. The van der Waals surface area contributed by atoms with Crippen LogP contribution in [0.4, 0.5) is 5.69 Å². The lowest BCUT2D eigenvalue weighted by Crippen LogP contribution is -2.52. The summed E-state index contributed by atoms with van der Waals surface area (Å²) in [6.07, 6.45) is 4.91. The van der Waals surface area contributed by atoms with Crippen LogP contribution in [0.15, 0.2) is 36.7 Å². The van der Waals surface area contributed by atoms with Gasteiger partial charge in [0.1, 0.15) is 11.3 Å². The van der Waals surface area contributed by atoms with Gasteiger partial charge in [-0.15, -0.1) is 0 Å². The number of hydrogen-bond donors (Lipinski definition) is 2. The summed E-state index contributed by atoms with van der Waals surface area (Å²) in [6, 6.07) is 7.12. The van der Waals surface area contributed by atoms with E-state index in [4.69, 9.17) is 16.3 Å². The Hall–Kier alpha value is -2.05. The minimum atomic E-state index is -0.681. The zero-order valence-electron chi connectivity index (χ0n) is 13.6. The molecule has 0 saturated carbocycles. The average molecular weight is 349 g/mol. The molecule has 1 aromatic carbocycles. The molecular formula is C17H21ClN4O2. The zero-order valence-corrected chi connectivity index (χ0v) is 14.3. The summed E-state index contributed by atoms with van der Waals surface area (Å²) in [6.45, 7) is 3.99. The Morgan fingerprint density at radius 2 is 2.25 bits per heavy atom. The predicted molar refractivity (Wildman–Crippen MR) is 93.6 cm³/mol. The smallest absolute Gasteiger partial charge is 0.252 e. The van der Waals surface area contributed by atoms with Crippen molar-refractivity contribution in [1.82, 2.24) is 15.1 Å². The first kappa shape index (κ1) is 16.8. The van der Waals surface area contributed by atoms with E-state index in [0.29, 0.717) is 35.9 Å². The van der Waals surface area contributed by atoms with Gasteiger partial charge in [-0.1, -0.05) is 11.6 Å². The maximum atomic E-state index is 13.0. The van der Waals surface area contributed by atoms with Crippen LogP contribution in [-0.2, 0) is 10.3 Å². The summed E-state index contributed by atoms with van der Waals surface area (Å²) >= 11 is 6.21. The molecular weight excluding hydrogens is 328 g/mol. The second-order valence-corrected chi connectivity index (χ2v) is 6.17. The summed E-state index contributed by atoms with van der Waals surface area (Å²) in [4.78, 5) is 13.0. The molecule has 1 aliphatic heterocycles. The van der Waals surface area contributed by atoms with Crippen LogP contribution in [0.25, 0.3) is 0 Å². The molecule has 1 aromatic heterocycles. The normalized spacial score (nSPS) is 16.6. The van der Waals surface area contributed by atoms with Gasteiger partial charge in [0.2, 0.25) is 0 Å². The molecule has 0 aliphatic carbocycles. The fourth-order valence-electron chi connectivity index (χ4n) is 3.02. The van der Waals surface area contributed by atoms with Gasteiger partial charge in [0.25, 0.3) is 5.91 Å². The third-order valence-electron chi connectivity index (χ3n) is 4.29. The van der Waals surface area contributed by atoms with Crippen molar-refractivity contribution in [3.63, 3.8) is 0 Å². The van der Waals surface area contributed by atoms with Gasteiger partial charge in [-0.05, 0) is 57.1 Å². The highest BCUT2D eigenvalue weighted by Crippen LogP contribution is 2.31. The highest BCUT2D eigenvalue weighted by Gasteiger charge is 2.42. The minimum Gasteiger partial charge on any atom is -0.492 e. The fraction of sp³-hybridized carbons (Fsp3) is 0.412. The zero-order chi connectivity index (χ0) is 17.0. The van der Waals surface area contributed by atoms with Crippen LogP contribution in [0.1, 0.15) is 19.8 Å². The van der Waals surface area contributed by atoms with E-state index < -0.39 is 5.54 Å². The Labute approximate surface area is 146 Å². The fourth-order valence-corrected chi connectivity index (χ4v) is 3.26. The summed E-state index contributed by atoms with van der Waals surface area (Å²) in [5.74, 6) is 0.536. The van der Waals surface area contributed by atoms with E-state index in [1.165, 1.54) is 0 Å². The van der Waals surface area contributed by atoms with Gasteiger partial charge in [0.15, 0.2) is 0 Å². The maximum Gasteiger partial charge on any atom is 0.252 e. The molecule has 1 amide bonds. The maximum absolute atomic E-state index is 13.0. The molecule has 0 bridgehead atoms. The Morgan fingerprint density at radius 3 is 2.88 bits per heavy atom. The summed E-state index contributed by atoms with van der Waals surface area (Å²) < 4.78 is 7.19. The number of aromatic nitrogens is 2. The molecule has 1 fully saturated rings. The largest absolute Gasteiger partial charge is 0.492 e. The van der Waals surface area contributed by atoms with E-state index in [-0.39, 0.29) is 5.91 Å². The molecule has 0 unspecified atom stereocenters. The highest BCUT2D eigenvalue weighted by molar-refractivity contribution is 6.32. The Kier molecular flexibility index (Phi) is 5.06. The van der Waals surface area contributed by atoms with Crippen molar-refractivity contribution >= 4 is 23.2 Å². The van der Waals surface area contributed by atoms with E-state index in [2.05, 4.69) is 15.7 Å². The second kappa shape index (κ2) is 7.23. The molecule has 2 N–H and O–H groups in total. The van der Waals surface area contributed by atoms with E-state index >= 15 is 0 Å². The topological polar surface area (TPSA) is 68.2 Å². The Morgan fingerprint density at radius 1 is 1.46 bits per heavy atom. The number of carbonyl (C=O) groups excluding carboxylic acids is 1. The van der Waals surface area contributed by atoms with Crippen molar-refractivity contribution in [2.24, 2.45) is 0 Å². The lowest BCUT2D eigenvalue weighted by molar-refractivity contribution is -0.126. The summed E-state index contributed by atoms with van der Waals surface area (Å²) in [7, 11) is 0. The second-order valence-electron chi connectivity index (χ2n) is 5.76. The van der Waals surface area contributed by atoms with Crippen LogP contribution < -0.4 is 15.4 Å². The van der Waals surface area contributed by atoms with Gasteiger partial charge in [0.05, 0.1) is 11.6 Å². The standard InChI is InChI=1S/C17H21ClN4O2/c1-2-24-15-5-4-13(12-14(15)18)21-16(23)17(6-9-19-10-7-17)22-11-3-8-20-22/h3-5,8,11-12,19H,2,6-7,9-10H2,1H3,(H,21,23). The van der Waals surface area contributed by atoms with Gasteiger partial charge in [-0.2, -0.15) is 5.10 Å². The summed E-state index contributed by atoms with van der Waals surface area (Å²) in [5, 5.41) is 11.1. The number of nitrogens with zero attached hydrogens (tertiary/aromatic N) is 2.